The first-order valence-electron chi connectivity index (χ1n) is 9.81. The van der Waals surface area contributed by atoms with E-state index >= 15 is 0 Å². The lowest BCUT2D eigenvalue weighted by Crippen LogP contribution is -2.20. The van der Waals surface area contributed by atoms with Crippen molar-refractivity contribution in [3.05, 3.63) is 134 Å². The lowest BCUT2D eigenvalue weighted by Gasteiger charge is -2.13. The van der Waals surface area contributed by atoms with Gasteiger partial charge in [0.1, 0.15) is 24.0 Å². The minimum Gasteiger partial charge on any atom is -0.390 e. The van der Waals surface area contributed by atoms with E-state index in [2.05, 4.69) is 5.16 Å². The second-order valence-corrected chi connectivity index (χ2v) is 7.83. The second kappa shape index (κ2) is 9.98. The Hall–Kier alpha value is -3.48. The molecule has 0 amide bonds. The van der Waals surface area contributed by atoms with Gasteiger partial charge in [0.05, 0.1) is 15.7 Å². The Balaban J connectivity index is 1.82. The normalized spacial score (nSPS) is 11.5. The molecular formula is C25H16Cl2F2N2O2. The molecule has 0 radical (unpaired) electrons. The molecule has 0 saturated heterocycles. The van der Waals surface area contributed by atoms with Crippen LogP contribution in [0, 0.1) is 11.6 Å². The van der Waals surface area contributed by atoms with Crippen LogP contribution in [0.4, 0.5) is 8.78 Å². The molecule has 166 valence electrons. The number of para-hydroxylation sites is 1. The Morgan fingerprint density at radius 2 is 1.64 bits per heavy atom. The molecule has 0 aliphatic rings. The van der Waals surface area contributed by atoms with Crippen molar-refractivity contribution in [2.24, 2.45) is 5.16 Å². The zero-order valence-electron chi connectivity index (χ0n) is 17.0. The van der Waals surface area contributed by atoms with E-state index in [0.717, 1.165) is 17.7 Å². The fourth-order valence-electron chi connectivity index (χ4n) is 3.21. The minimum absolute atomic E-state index is 0.0000776. The second-order valence-electron chi connectivity index (χ2n) is 7.02. The first-order valence-corrected chi connectivity index (χ1v) is 10.6. The smallest absolute Gasteiger partial charge is 0.255 e. The van der Waals surface area contributed by atoms with Gasteiger partial charge in [-0.15, -0.1) is 0 Å². The number of nitrogens with zero attached hydrogens (tertiary/aromatic N) is 2. The number of benzene rings is 3. The van der Waals surface area contributed by atoms with E-state index in [1.165, 1.54) is 29.0 Å². The predicted molar refractivity (Wildman–Crippen MR) is 125 cm³/mol. The predicted octanol–water partition coefficient (Wildman–Crippen LogP) is 6.39. The van der Waals surface area contributed by atoms with Crippen molar-refractivity contribution in [2.45, 2.75) is 6.61 Å². The third kappa shape index (κ3) is 5.13. The van der Waals surface area contributed by atoms with E-state index in [1.54, 1.807) is 18.2 Å². The van der Waals surface area contributed by atoms with Crippen molar-refractivity contribution in [2.75, 3.05) is 0 Å². The molecule has 0 atom stereocenters. The third-order valence-electron chi connectivity index (χ3n) is 4.78. The van der Waals surface area contributed by atoms with Crippen molar-refractivity contribution in [1.29, 1.82) is 0 Å². The average Bonchev–Trinajstić information content (AvgIpc) is 2.79. The summed E-state index contributed by atoms with van der Waals surface area (Å²) in [4.78, 5) is 18.1. The molecule has 0 aliphatic carbocycles. The third-order valence-corrected chi connectivity index (χ3v) is 5.39. The van der Waals surface area contributed by atoms with Crippen LogP contribution in [0.1, 0.15) is 16.7 Å². The first-order chi connectivity index (χ1) is 15.9. The van der Waals surface area contributed by atoms with E-state index in [9.17, 15) is 13.6 Å². The Kier molecular flexibility index (Phi) is 6.87. The van der Waals surface area contributed by atoms with Gasteiger partial charge in [0, 0.05) is 29.5 Å². The summed E-state index contributed by atoms with van der Waals surface area (Å²) in [5.41, 5.74) is 1.13. The number of halogens is 4. The maximum Gasteiger partial charge on any atom is 0.255 e. The van der Waals surface area contributed by atoms with Crippen LogP contribution in [0.2, 0.25) is 10.0 Å². The summed E-state index contributed by atoms with van der Waals surface area (Å²) in [6, 6.07) is 20.0. The topological polar surface area (TPSA) is 43.6 Å². The van der Waals surface area contributed by atoms with E-state index in [1.807, 2.05) is 30.3 Å². The highest BCUT2D eigenvalue weighted by Gasteiger charge is 2.17. The van der Waals surface area contributed by atoms with Crippen LogP contribution >= 0.6 is 23.2 Å². The molecule has 0 aliphatic heterocycles. The Morgan fingerprint density at radius 3 is 2.33 bits per heavy atom. The molecule has 4 nitrogen and oxygen atoms in total. The zero-order valence-corrected chi connectivity index (χ0v) is 18.5. The van der Waals surface area contributed by atoms with Crippen molar-refractivity contribution in [3.8, 4) is 5.69 Å². The maximum absolute atomic E-state index is 14.7. The summed E-state index contributed by atoms with van der Waals surface area (Å²) < 4.78 is 29.5. The molecule has 1 heterocycles. The molecule has 0 saturated carbocycles. The van der Waals surface area contributed by atoms with Gasteiger partial charge in [0.15, 0.2) is 0 Å². The van der Waals surface area contributed by atoms with Crippen LogP contribution in [0.25, 0.3) is 5.69 Å². The van der Waals surface area contributed by atoms with Crippen LogP contribution in [-0.4, -0.2) is 10.3 Å². The first kappa shape index (κ1) is 22.7. The van der Waals surface area contributed by atoms with Crippen molar-refractivity contribution in [3.63, 3.8) is 0 Å². The van der Waals surface area contributed by atoms with Gasteiger partial charge in [-0.3, -0.25) is 9.36 Å². The van der Waals surface area contributed by atoms with Crippen LogP contribution < -0.4 is 5.56 Å². The Morgan fingerprint density at radius 1 is 0.909 bits per heavy atom. The van der Waals surface area contributed by atoms with Crippen LogP contribution in [0.15, 0.2) is 95.0 Å². The van der Waals surface area contributed by atoms with Gasteiger partial charge in [-0.2, -0.15) is 0 Å². The quantitative estimate of drug-likeness (QED) is 0.235. The van der Waals surface area contributed by atoms with Gasteiger partial charge in [-0.1, -0.05) is 64.8 Å². The Bertz CT molecular complexity index is 1370. The fraction of sp³-hybridized carbons (Fsp3) is 0.0400. The summed E-state index contributed by atoms with van der Waals surface area (Å²) >= 11 is 12.6. The molecule has 3 aromatic carbocycles. The van der Waals surface area contributed by atoms with E-state index in [-0.39, 0.29) is 33.6 Å². The lowest BCUT2D eigenvalue weighted by molar-refractivity contribution is 0.131. The van der Waals surface area contributed by atoms with Gasteiger partial charge >= 0.3 is 0 Å². The molecule has 33 heavy (non-hydrogen) atoms. The summed E-state index contributed by atoms with van der Waals surface area (Å²) in [5, 5.41) is 4.65. The molecule has 0 fully saturated rings. The summed E-state index contributed by atoms with van der Waals surface area (Å²) in [7, 11) is 0. The molecule has 4 rings (SSSR count). The minimum atomic E-state index is -0.828. The number of aromatic nitrogens is 1. The summed E-state index contributed by atoms with van der Waals surface area (Å²) in [5.74, 6) is -1.56. The largest absolute Gasteiger partial charge is 0.390 e. The van der Waals surface area contributed by atoms with Gasteiger partial charge in [-0.05, 0) is 35.9 Å². The molecule has 0 N–H and O–H groups in total. The summed E-state index contributed by atoms with van der Waals surface area (Å²) in [6.45, 7) is 0.128. The van der Waals surface area contributed by atoms with Crippen LogP contribution in [-0.2, 0) is 11.4 Å². The lowest BCUT2D eigenvalue weighted by atomic mass is 10.0. The molecule has 0 spiro atoms. The highest BCUT2D eigenvalue weighted by atomic mass is 35.5. The number of hydrogen-bond donors (Lipinski definition) is 0. The fourth-order valence-corrected chi connectivity index (χ4v) is 3.79. The molecule has 4 aromatic rings. The van der Waals surface area contributed by atoms with Crippen molar-refractivity contribution < 1.29 is 13.6 Å². The monoisotopic (exact) mass is 484 g/mol. The number of oxime groups is 1. The van der Waals surface area contributed by atoms with E-state index in [4.69, 9.17) is 28.0 Å². The molecule has 0 unspecified atom stereocenters. The van der Waals surface area contributed by atoms with Gasteiger partial charge in [0.2, 0.25) is 0 Å². The van der Waals surface area contributed by atoms with E-state index in [0.29, 0.717) is 5.56 Å². The number of rotatable bonds is 6. The number of hydrogen-bond acceptors (Lipinski definition) is 3. The van der Waals surface area contributed by atoms with Gasteiger partial charge in [0.25, 0.3) is 5.56 Å². The van der Waals surface area contributed by atoms with Crippen LogP contribution in [0.5, 0.6) is 0 Å². The molecular weight excluding hydrogens is 469 g/mol. The highest BCUT2D eigenvalue weighted by Crippen LogP contribution is 2.28. The molecule has 0 bridgehead atoms. The van der Waals surface area contributed by atoms with Crippen molar-refractivity contribution in [1.82, 2.24) is 4.57 Å². The van der Waals surface area contributed by atoms with Crippen molar-refractivity contribution >= 4 is 28.9 Å². The molecule has 1 aromatic heterocycles. The molecule has 8 heteroatoms. The standard InChI is InChI=1S/C25H16Cl2F2N2O2/c26-20-7-4-8-21(27)25(20)31-14-17(9-12-23(31)32)24(19-11-10-18(28)13-22(19)29)30-33-15-16-5-2-1-3-6-16/h1-14H,15H2/b30-24-. The maximum atomic E-state index is 14.7. The van der Waals surface area contributed by atoms with Gasteiger partial charge in [-0.25, -0.2) is 8.78 Å². The zero-order chi connectivity index (χ0) is 23.4. The van der Waals surface area contributed by atoms with Gasteiger partial charge < -0.3 is 4.84 Å². The Labute approximate surface area is 198 Å². The average molecular weight is 485 g/mol. The summed E-state index contributed by atoms with van der Waals surface area (Å²) in [6.07, 6.45) is 1.43. The highest BCUT2D eigenvalue weighted by molar-refractivity contribution is 6.37. The van der Waals surface area contributed by atoms with Crippen LogP contribution in [0.3, 0.4) is 0 Å². The van der Waals surface area contributed by atoms with E-state index < -0.39 is 17.2 Å². The SMILES string of the molecule is O=c1ccc(/C(=N/OCc2ccccc2)c2ccc(F)cc2F)cn1-c1c(Cl)cccc1Cl. The number of pyridine rings is 1.